The second-order valence-corrected chi connectivity index (χ2v) is 5.20. The number of aliphatic hydroxyl groups is 1. The van der Waals surface area contributed by atoms with Crippen LogP contribution < -0.4 is 0 Å². The maximum absolute atomic E-state index is 13.2. The van der Waals surface area contributed by atoms with Gasteiger partial charge in [-0.15, -0.1) is 0 Å². The van der Waals surface area contributed by atoms with Gasteiger partial charge in [0.1, 0.15) is 11.9 Å². The van der Waals surface area contributed by atoms with E-state index in [1.54, 1.807) is 11.4 Å². The second-order valence-electron chi connectivity index (χ2n) is 3.22. The first-order chi connectivity index (χ1) is 7.61. The molecule has 0 spiro atoms. The molecule has 0 fully saturated rings. The average molecular weight is 322 g/mol. The first-order valence-electron chi connectivity index (χ1n) is 4.45. The lowest BCUT2D eigenvalue weighted by Gasteiger charge is -2.12. The number of benzene rings is 1. The van der Waals surface area contributed by atoms with Crippen molar-refractivity contribution in [3.63, 3.8) is 0 Å². The van der Waals surface area contributed by atoms with Crippen LogP contribution in [0.25, 0.3) is 0 Å². The highest BCUT2D eigenvalue weighted by molar-refractivity contribution is 9.10. The zero-order valence-corrected chi connectivity index (χ0v) is 11.1. The van der Waals surface area contributed by atoms with Crippen molar-refractivity contribution in [2.45, 2.75) is 6.10 Å². The molecule has 1 nitrogen and oxygen atoms in total. The zero-order chi connectivity index (χ0) is 11.7. The Morgan fingerprint density at radius 3 is 2.69 bits per heavy atom. The summed E-state index contributed by atoms with van der Waals surface area (Å²) in [7, 11) is 0. The number of hydrogen-bond donors (Lipinski definition) is 1. The van der Waals surface area contributed by atoms with Crippen LogP contribution in [-0.4, -0.2) is 5.11 Å². The Bertz CT molecular complexity index is 514. The monoisotopic (exact) mass is 320 g/mol. The van der Waals surface area contributed by atoms with E-state index in [1.807, 2.05) is 5.38 Å². The Labute approximate surface area is 110 Å². The molecule has 1 heterocycles. The van der Waals surface area contributed by atoms with Gasteiger partial charge in [0.2, 0.25) is 0 Å². The SMILES string of the molecule is OC(c1cscc1Br)c1cccc(F)c1Cl. The van der Waals surface area contributed by atoms with Gasteiger partial charge in [-0.05, 0) is 27.4 Å². The van der Waals surface area contributed by atoms with Gasteiger partial charge in [-0.1, -0.05) is 23.7 Å². The van der Waals surface area contributed by atoms with Crippen LogP contribution >= 0.6 is 38.9 Å². The highest BCUT2D eigenvalue weighted by Crippen LogP contribution is 2.35. The molecule has 1 aromatic carbocycles. The van der Waals surface area contributed by atoms with Crippen molar-refractivity contribution in [2.75, 3.05) is 0 Å². The molecule has 0 saturated heterocycles. The summed E-state index contributed by atoms with van der Waals surface area (Å²) in [5, 5.41) is 13.7. The van der Waals surface area contributed by atoms with Crippen LogP contribution in [0.2, 0.25) is 5.02 Å². The van der Waals surface area contributed by atoms with Crippen LogP contribution in [0, 0.1) is 5.82 Å². The highest BCUT2D eigenvalue weighted by Gasteiger charge is 2.18. The van der Waals surface area contributed by atoms with Crippen molar-refractivity contribution in [3.8, 4) is 0 Å². The largest absolute Gasteiger partial charge is 0.384 e. The van der Waals surface area contributed by atoms with Crippen LogP contribution in [0.3, 0.4) is 0 Å². The summed E-state index contributed by atoms with van der Waals surface area (Å²) in [6.07, 6.45) is -0.913. The minimum atomic E-state index is -0.913. The van der Waals surface area contributed by atoms with Gasteiger partial charge in [0.15, 0.2) is 0 Å². The normalized spacial score (nSPS) is 12.8. The van der Waals surface area contributed by atoms with E-state index in [0.29, 0.717) is 11.1 Å². The van der Waals surface area contributed by atoms with E-state index >= 15 is 0 Å². The van der Waals surface area contributed by atoms with E-state index < -0.39 is 11.9 Å². The molecule has 2 rings (SSSR count). The molecule has 1 aromatic heterocycles. The molecule has 5 heteroatoms. The smallest absolute Gasteiger partial charge is 0.142 e. The molecule has 0 saturated carbocycles. The van der Waals surface area contributed by atoms with Crippen LogP contribution in [0.1, 0.15) is 17.2 Å². The minimum absolute atomic E-state index is 0.0342. The third kappa shape index (κ3) is 2.15. The molecule has 1 N–H and O–H groups in total. The van der Waals surface area contributed by atoms with Crippen LogP contribution in [-0.2, 0) is 0 Å². The maximum atomic E-state index is 13.2. The number of aliphatic hydroxyl groups excluding tert-OH is 1. The predicted molar refractivity (Wildman–Crippen MR) is 67.5 cm³/mol. The number of thiophene rings is 1. The number of hydrogen-bond acceptors (Lipinski definition) is 2. The molecule has 1 atom stereocenters. The molecule has 0 bridgehead atoms. The Morgan fingerprint density at radius 2 is 2.06 bits per heavy atom. The lowest BCUT2D eigenvalue weighted by molar-refractivity contribution is 0.219. The molecule has 0 aliphatic carbocycles. The van der Waals surface area contributed by atoms with Crippen LogP contribution in [0.15, 0.2) is 33.4 Å². The molecule has 0 aliphatic rings. The van der Waals surface area contributed by atoms with E-state index in [2.05, 4.69) is 15.9 Å². The van der Waals surface area contributed by atoms with E-state index in [1.165, 1.54) is 23.5 Å². The van der Waals surface area contributed by atoms with Crippen molar-refractivity contribution in [2.24, 2.45) is 0 Å². The summed E-state index contributed by atoms with van der Waals surface area (Å²) in [6.45, 7) is 0. The summed E-state index contributed by atoms with van der Waals surface area (Å²) < 4.78 is 14.0. The average Bonchev–Trinajstić information content (AvgIpc) is 2.68. The van der Waals surface area contributed by atoms with Crippen molar-refractivity contribution in [1.82, 2.24) is 0 Å². The third-order valence-electron chi connectivity index (χ3n) is 2.21. The lowest BCUT2D eigenvalue weighted by atomic mass is 10.0. The fourth-order valence-corrected chi connectivity index (χ4v) is 3.15. The molecule has 0 amide bonds. The Hall–Kier alpha value is -0.420. The lowest BCUT2D eigenvalue weighted by Crippen LogP contribution is -2.00. The predicted octanol–water partition coefficient (Wildman–Crippen LogP) is 4.38. The van der Waals surface area contributed by atoms with Crippen molar-refractivity contribution < 1.29 is 9.50 Å². The van der Waals surface area contributed by atoms with E-state index in [9.17, 15) is 9.50 Å². The summed E-state index contributed by atoms with van der Waals surface area (Å²) in [4.78, 5) is 0. The van der Waals surface area contributed by atoms with Gasteiger partial charge in [0.25, 0.3) is 0 Å². The number of halogens is 3. The van der Waals surface area contributed by atoms with E-state index in [-0.39, 0.29) is 5.02 Å². The van der Waals surface area contributed by atoms with Crippen molar-refractivity contribution in [1.29, 1.82) is 0 Å². The first-order valence-corrected chi connectivity index (χ1v) is 6.56. The van der Waals surface area contributed by atoms with Gasteiger partial charge in [0, 0.05) is 21.0 Å². The molecule has 1 unspecified atom stereocenters. The first kappa shape index (κ1) is 12.0. The van der Waals surface area contributed by atoms with Gasteiger partial charge >= 0.3 is 0 Å². The molecule has 84 valence electrons. The van der Waals surface area contributed by atoms with E-state index in [4.69, 9.17) is 11.6 Å². The van der Waals surface area contributed by atoms with Crippen molar-refractivity contribution in [3.05, 3.63) is 55.4 Å². The van der Waals surface area contributed by atoms with Gasteiger partial charge in [-0.3, -0.25) is 0 Å². The summed E-state index contributed by atoms with van der Waals surface area (Å²) in [5.41, 5.74) is 1.07. The van der Waals surface area contributed by atoms with E-state index in [0.717, 1.165) is 4.47 Å². The number of rotatable bonds is 2. The van der Waals surface area contributed by atoms with Crippen LogP contribution in [0.5, 0.6) is 0 Å². The Morgan fingerprint density at radius 1 is 1.31 bits per heavy atom. The standard InChI is InChI=1S/C11H7BrClFOS/c12-8-5-16-4-7(8)11(15)6-2-1-3-9(14)10(6)13/h1-5,11,15H. The fourth-order valence-electron chi connectivity index (χ4n) is 1.39. The zero-order valence-electron chi connectivity index (χ0n) is 7.95. The van der Waals surface area contributed by atoms with Crippen LogP contribution in [0.4, 0.5) is 4.39 Å². The van der Waals surface area contributed by atoms with Crippen molar-refractivity contribution >= 4 is 38.9 Å². The molecule has 0 aliphatic heterocycles. The van der Waals surface area contributed by atoms with Gasteiger partial charge in [0.05, 0.1) is 5.02 Å². The molecule has 16 heavy (non-hydrogen) atoms. The summed E-state index contributed by atoms with van der Waals surface area (Å²) in [6, 6.07) is 4.40. The summed E-state index contributed by atoms with van der Waals surface area (Å²) in [5.74, 6) is -0.524. The Balaban J connectivity index is 2.46. The second kappa shape index (κ2) is 4.84. The van der Waals surface area contributed by atoms with Gasteiger partial charge in [-0.2, -0.15) is 11.3 Å². The minimum Gasteiger partial charge on any atom is -0.384 e. The van der Waals surface area contributed by atoms with Gasteiger partial charge < -0.3 is 5.11 Å². The van der Waals surface area contributed by atoms with Gasteiger partial charge in [-0.25, -0.2) is 4.39 Å². The topological polar surface area (TPSA) is 20.2 Å². The fraction of sp³-hybridized carbons (Fsp3) is 0.0909. The maximum Gasteiger partial charge on any atom is 0.142 e. The molecular weight excluding hydrogens is 315 g/mol. The molecular formula is C11H7BrClFOS. The summed E-state index contributed by atoms with van der Waals surface area (Å²) >= 11 is 10.6. The quantitative estimate of drug-likeness (QED) is 0.870. The Kier molecular flexibility index (Phi) is 3.64. The highest BCUT2D eigenvalue weighted by atomic mass is 79.9. The molecule has 0 radical (unpaired) electrons. The molecule has 2 aromatic rings. The third-order valence-corrected chi connectivity index (χ3v) is 4.36.